The number of carbonyl (C=O) groups is 2. The van der Waals surface area contributed by atoms with E-state index in [1.54, 1.807) is 6.08 Å². The van der Waals surface area contributed by atoms with Crippen molar-refractivity contribution >= 4 is 11.9 Å². The average molecular weight is 1030 g/mol. The number of aliphatic hydroxyl groups is 5. The lowest BCUT2D eigenvalue weighted by Gasteiger charge is -2.41. The van der Waals surface area contributed by atoms with Crippen LogP contribution in [0, 0.1) is 0 Å². The predicted octanol–water partition coefficient (Wildman–Crippen LogP) is 14.1. The molecule has 6 N–H and O–H groups in total. The number of allylic oxidation sites excluding steroid dienone is 7. The highest BCUT2D eigenvalue weighted by molar-refractivity contribution is 5.80. The van der Waals surface area contributed by atoms with Gasteiger partial charge in [-0.1, -0.05) is 249 Å². The number of rotatable bonds is 51. The standard InChI is InChI=1S/C62H113NO10/c1-4-7-10-13-16-19-22-24-26-27-28-30-31-34-37-40-43-46-49-55(66)61(70)63-53(54(65)48-45-42-39-36-33-21-18-15-12-9-6-3)52-71-62-60(59(69)58(68)56(51-64)72-62)73-57(67)50-47-44-41-38-35-32-29-25-23-20-17-14-11-8-5-2/h16,19,24,26,28,30,45,48,53-56,58-60,62,64-66,68-69H,4-15,17-18,20-23,25,27,29,31-44,46-47,49-52H2,1-3H3,(H,63,70)/b19-16-,26-24-,30-28-,48-45+. The van der Waals surface area contributed by atoms with E-state index >= 15 is 0 Å². The van der Waals surface area contributed by atoms with Crippen molar-refractivity contribution in [2.45, 2.75) is 320 Å². The minimum absolute atomic E-state index is 0.125. The fourth-order valence-corrected chi connectivity index (χ4v) is 9.36. The van der Waals surface area contributed by atoms with Gasteiger partial charge >= 0.3 is 5.97 Å². The smallest absolute Gasteiger partial charge is 0.306 e. The molecule has 426 valence electrons. The minimum Gasteiger partial charge on any atom is -0.454 e. The number of carbonyl (C=O) groups excluding carboxylic acids is 2. The van der Waals surface area contributed by atoms with Gasteiger partial charge in [0.1, 0.15) is 24.4 Å². The van der Waals surface area contributed by atoms with Crippen LogP contribution in [0.15, 0.2) is 48.6 Å². The predicted molar refractivity (Wildman–Crippen MR) is 301 cm³/mol. The maximum Gasteiger partial charge on any atom is 0.306 e. The van der Waals surface area contributed by atoms with E-state index < -0.39 is 67.4 Å². The Balaban J connectivity index is 2.69. The second kappa shape index (κ2) is 50.4. The number of hydrogen-bond acceptors (Lipinski definition) is 10. The SMILES string of the molecule is CCCCC/C=C\C/C=C\C/C=C\CCCCCCCC(O)C(=O)NC(COC1OC(CO)C(O)C(O)C1OC(=O)CCCCCCCCCCCCCCCCC)C(O)/C=C/CCCCCCCCCCC. The first-order valence-corrected chi connectivity index (χ1v) is 30.4. The minimum atomic E-state index is -1.61. The van der Waals surface area contributed by atoms with Gasteiger partial charge < -0.3 is 45.1 Å². The molecule has 1 amide bonds. The Morgan fingerprint density at radius 1 is 0.534 bits per heavy atom. The molecule has 0 aromatic heterocycles. The Labute approximate surface area is 446 Å². The topological polar surface area (TPSA) is 175 Å². The van der Waals surface area contributed by atoms with Gasteiger partial charge in [0.25, 0.3) is 0 Å². The van der Waals surface area contributed by atoms with Crippen molar-refractivity contribution in [2.24, 2.45) is 0 Å². The van der Waals surface area contributed by atoms with Crippen molar-refractivity contribution in [3.63, 3.8) is 0 Å². The third kappa shape index (κ3) is 38.8. The Hall–Kier alpha value is -2.38. The van der Waals surface area contributed by atoms with Gasteiger partial charge in [0, 0.05) is 6.42 Å². The van der Waals surface area contributed by atoms with Crippen LogP contribution in [-0.4, -0.2) is 99.6 Å². The molecule has 11 nitrogen and oxygen atoms in total. The largest absolute Gasteiger partial charge is 0.454 e. The molecule has 1 heterocycles. The molecule has 0 spiro atoms. The lowest BCUT2D eigenvalue weighted by atomic mass is 9.99. The highest BCUT2D eigenvalue weighted by Crippen LogP contribution is 2.26. The summed E-state index contributed by atoms with van der Waals surface area (Å²) in [4.78, 5) is 26.5. The van der Waals surface area contributed by atoms with Gasteiger partial charge in [0.15, 0.2) is 12.4 Å². The summed E-state index contributed by atoms with van der Waals surface area (Å²) in [7, 11) is 0. The first kappa shape index (κ1) is 68.6. The van der Waals surface area contributed by atoms with E-state index in [9.17, 15) is 35.1 Å². The Bertz CT molecular complexity index is 1370. The van der Waals surface area contributed by atoms with Crippen LogP contribution < -0.4 is 5.32 Å². The summed E-state index contributed by atoms with van der Waals surface area (Å²) in [5, 5.41) is 56.9. The molecule has 1 saturated heterocycles. The summed E-state index contributed by atoms with van der Waals surface area (Å²) >= 11 is 0. The van der Waals surface area contributed by atoms with Crippen molar-refractivity contribution < 1.29 is 49.3 Å². The molecular formula is C62H113NO10. The van der Waals surface area contributed by atoms with Crippen LogP contribution in [-0.2, 0) is 23.8 Å². The molecule has 0 aromatic rings. The van der Waals surface area contributed by atoms with Gasteiger partial charge in [0.2, 0.25) is 5.91 Å². The lowest BCUT2D eigenvalue weighted by molar-refractivity contribution is -0.305. The molecule has 0 radical (unpaired) electrons. The van der Waals surface area contributed by atoms with Crippen molar-refractivity contribution in [2.75, 3.05) is 13.2 Å². The summed E-state index contributed by atoms with van der Waals surface area (Å²) in [6, 6.07) is -1.03. The zero-order valence-corrected chi connectivity index (χ0v) is 47.0. The fraction of sp³-hybridized carbons (Fsp3) is 0.839. The molecule has 8 atom stereocenters. The summed E-state index contributed by atoms with van der Waals surface area (Å²) < 4.78 is 17.6. The van der Waals surface area contributed by atoms with E-state index in [0.29, 0.717) is 12.8 Å². The molecule has 0 saturated carbocycles. The van der Waals surface area contributed by atoms with E-state index in [2.05, 4.69) is 62.5 Å². The van der Waals surface area contributed by atoms with Gasteiger partial charge in [-0.05, 0) is 64.2 Å². The van der Waals surface area contributed by atoms with Crippen molar-refractivity contribution in [1.82, 2.24) is 5.32 Å². The quantitative estimate of drug-likeness (QED) is 0.0195. The molecule has 1 aliphatic heterocycles. The zero-order valence-electron chi connectivity index (χ0n) is 47.0. The van der Waals surface area contributed by atoms with E-state index in [1.165, 1.54) is 141 Å². The highest BCUT2D eigenvalue weighted by Gasteiger charge is 2.47. The molecule has 0 aliphatic carbocycles. The molecular weight excluding hydrogens is 919 g/mol. The van der Waals surface area contributed by atoms with Crippen LogP contribution in [0.3, 0.4) is 0 Å². The van der Waals surface area contributed by atoms with E-state index in [4.69, 9.17) is 14.2 Å². The molecule has 1 fully saturated rings. The van der Waals surface area contributed by atoms with Crippen molar-refractivity contribution in [1.29, 1.82) is 0 Å². The number of esters is 1. The Kier molecular flexibility index (Phi) is 47.4. The van der Waals surface area contributed by atoms with Crippen LogP contribution >= 0.6 is 0 Å². The molecule has 73 heavy (non-hydrogen) atoms. The highest BCUT2D eigenvalue weighted by atomic mass is 16.7. The zero-order chi connectivity index (χ0) is 53.3. The third-order valence-corrected chi connectivity index (χ3v) is 14.2. The van der Waals surface area contributed by atoms with E-state index in [-0.39, 0.29) is 19.4 Å². The van der Waals surface area contributed by atoms with E-state index in [1.807, 2.05) is 6.08 Å². The molecule has 0 aromatic carbocycles. The maximum absolute atomic E-state index is 13.4. The first-order chi connectivity index (χ1) is 35.7. The van der Waals surface area contributed by atoms with Crippen LogP contribution in [0.2, 0.25) is 0 Å². The van der Waals surface area contributed by atoms with Gasteiger partial charge in [-0.25, -0.2) is 0 Å². The summed E-state index contributed by atoms with van der Waals surface area (Å²) in [5.41, 5.74) is 0. The fourth-order valence-electron chi connectivity index (χ4n) is 9.36. The maximum atomic E-state index is 13.4. The monoisotopic (exact) mass is 1030 g/mol. The molecule has 8 unspecified atom stereocenters. The first-order valence-electron chi connectivity index (χ1n) is 30.4. The number of hydrogen-bond donors (Lipinski definition) is 6. The molecule has 1 aliphatic rings. The number of ether oxygens (including phenoxy) is 3. The van der Waals surface area contributed by atoms with Crippen LogP contribution in [0.5, 0.6) is 0 Å². The van der Waals surface area contributed by atoms with Gasteiger partial charge in [-0.2, -0.15) is 0 Å². The molecule has 1 rings (SSSR count). The number of unbranched alkanes of at least 4 members (excludes halogenated alkanes) is 31. The van der Waals surface area contributed by atoms with Gasteiger partial charge in [-0.3, -0.25) is 9.59 Å². The number of aliphatic hydroxyl groups excluding tert-OH is 5. The molecule has 11 heteroatoms. The summed E-state index contributed by atoms with van der Waals surface area (Å²) in [6.07, 6.45) is 50.0. The average Bonchev–Trinajstić information content (AvgIpc) is 3.39. The van der Waals surface area contributed by atoms with Crippen molar-refractivity contribution in [3.05, 3.63) is 48.6 Å². The van der Waals surface area contributed by atoms with E-state index in [0.717, 1.165) is 83.5 Å². The Morgan fingerprint density at radius 2 is 0.945 bits per heavy atom. The van der Waals surface area contributed by atoms with Crippen molar-refractivity contribution in [3.8, 4) is 0 Å². The molecule has 0 bridgehead atoms. The summed E-state index contributed by atoms with van der Waals surface area (Å²) in [5.74, 6) is -1.20. The van der Waals surface area contributed by atoms with Crippen LogP contribution in [0.25, 0.3) is 0 Å². The van der Waals surface area contributed by atoms with Crippen LogP contribution in [0.1, 0.15) is 271 Å². The normalized spacial score (nSPS) is 19.7. The third-order valence-electron chi connectivity index (χ3n) is 14.2. The van der Waals surface area contributed by atoms with Crippen LogP contribution in [0.4, 0.5) is 0 Å². The second-order valence-corrected chi connectivity index (χ2v) is 21.1. The second-order valence-electron chi connectivity index (χ2n) is 21.1. The number of amides is 1. The number of nitrogens with one attached hydrogen (secondary N) is 1. The Morgan fingerprint density at radius 3 is 1.44 bits per heavy atom. The van der Waals surface area contributed by atoms with Gasteiger partial charge in [-0.15, -0.1) is 0 Å². The lowest BCUT2D eigenvalue weighted by Crippen LogP contribution is -2.61. The van der Waals surface area contributed by atoms with Gasteiger partial charge in [0.05, 0.1) is 25.4 Å². The summed E-state index contributed by atoms with van der Waals surface area (Å²) in [6.45, 7) is 5.75.